The lowest BCUT2D eigenvalue weighted by atomic mass is 9.90. The molecule has 0 aromatic heterocycles. The fourth-order valence-corrected chi connectivity index (χ4v) is 3.04. The highest BCUT2D eigenvalue weighted by atomic mass is 15.2. The summed E-state index contributed by atoms with van der Waals surface area (Å²) in [4.78, 5) is 0. The number of hydrazine groups is 1. The van der Waals surface area contributed by atoms with Crippen LogP contribution in [0, 0.1) is 11.8 Å². The Kier molecular flexibility index (Phi) is 7.87. The highest BCUT2D eigenvalue weighted by molar-refractivity contribution is 4.72. The van der Waals surface area contributed by atoms with Crippen molar-refractivity contribution in [1.82, 2.24) is 5.43 Å². The summed E-state index contributed by atoms with van der Waals surface area (Å²) in [5, 5.41) is 0. The Labute approximate surface area is 108 Å². The van der Waals surface area contributed by atoms with Crippen molar-refractivity contribution in [2.45, 2.75) is 84.1 Å². The molecule has 0 aromatic carbocycles. The fourth-order valence-electron chi connectivity index (χ4n) is 3.04. The van der Waals surface area contributed by atoms with Crippen molar-refractivity contribution >= 4 is 0 Å². The van der Waals surface area contributed by atoms with E-state index in [0.29, 0.717) is 6.04 Å². The first-order valence-electron chi connectivity index (χ1n) is 7.68. The van der Waals surface area contributed by atoms with Gasteiger partial charge in [-0.05, 0) is 24.7 Å². The van der Waals surface area contributed by atoms with Gasteiger partial charge in [-0.2, -0.15) is 0 Å². The zero-order chi connectivity index (χ0) is 12.5. The molecular weight excluding hydrogens is 208 g/mol. The molecule has 1 unspecified atom stereocenters. The van der Waals surface area contributed by atoms with Gasteiger partial charge in [-0.15, -0.1) is 0 Å². The van der Waals surface area contributed by atoms with Crippen molar-refractivity contribution in [3.05, 3.63) is 0 Å². The van der Waals surface area contributed by atoms with Gasteiger partial charge in [-0.3, -0.25) is 11.3 Å². The monoisotopic (exact) mass is 240 g/mol. The largest absolute Gasteiger partial charge is 0.271 e. The summed E-state index contributed by atoms with van der Waals surface area (Å²) < 4.78 is 0. The van der Waals surface area contributed by atoms with E-state index in [1.165, 1.54) is 64.2 Å². The van der Waals surface area contributed by atoms with Gasteiger partial charge in [0.1, 0.15) is 0 Å². The molecule has 1 aliphatic carbocycles. The molecule has 1 atom stereocenters. The summed E-state index contributed by atoms with van der Waals surface area (Å²) in [6, 6.07) is 0.553. The lowest BCUT2D eigenvalue weighted by Gasteiger charge is -2.22. The molecule has 0 aliphatic heterocycles. The Bertz CT molecular complexity index is 172. The maximum Gasteiger partial charge on any atom is 0.0213 e. The van der Waals surface area contributed by atoms with Gasteiger partial charge < -0.3 is 0 Å². The Morgan fingerprint density at radius 1 is 1.06 bits per heavy atom. The van der Waals surface area contributed by atoms with Crippen molar-refractivity contribution in [1.29, 1.82) is 0 Å². The molecule has 0 radical (unpaired) electrons. The highest BCUT2D eigenvalue weighted by Crippen LogP contribution is 2.27. The third kappa shape index (κ3) is 7.05. The van der Waals surface area contributed by atoms with Crippen molar-refractivity contribution in [2.24, 2.45) is 17.7 Å². The van der Waals surface area contributed by atoms with Crippen LogP contribution in [-0.2, 0) is 0 Å². The predicted molar refractivity (Wildman–Crippen MR) is 75.6 cm³/mol. The second kappa shape index (κ2) is 8.93. The third-order valence-electron chi connectivity index (χ3n) is 4.16. The van der Waals surface area contributed by atoms with Gasteiger partial charge >= 0.3 is 0 Å². The predicted octanol–water partition coefficient (Wildman–Crippen LogP) is 4.01. The molecule has 0 bridgehead atoms. The van der Waals surface area contributed by atoms with E-state index in [1.807, 2.05) is 0 Å². The zero-order valence-electron chi connectivity index (χ0n) is 11.9. The summed E-state index contributed by atoms with van der Waals surface area (Å²) in [5.74, 6) is 7.45. The second-order valence-corrected chi connectivity index (χ2v) is 6.28. The Hall–Kier alpha value is -0.0800. The topological polar surface area (TPSA) is 38.0 Å². The zero-order valence-corrected chi connectivity index (χ0v) is 11.9. The molecule has 2 heteroatoms. The van der Waals surface area contributed by atoms with Crippen molar-refractivity contribution in [3.8, 4) is 0 Å². The lowest BCUT2D eigenvalue weighted by molar-refractivity contribution is 0.331. The molecule has 0 saturated heterocycles. The van der Waals surface area contributed by atoms with Gasteiger partial charge in [-0.1, -0.05) is 65.2 Å². The number of nitrogens with two attached hydrogens (primary N) is 1. The van der Waals surface area contributed by atoms with Crippen LogP contribution in [0.25, 0.3) is 0 Å². The summed E-state index contributed by atoms with van der Waals surface area (Å²) in [5.41, 5.74) is 3.04. The van der Waals surface area contributed by atoms with Crippen LogP contribution in [0.4, 0.5) is 0 Å². The van der Waals surface area contributed by atoms with E-state index in [4.69, 9.17) is 5.84 Å². The van der Waals surface area contributed by atoms with Crippen LogP contribution in [0.2, 0.25) is 0 Å². The molecule has 1 rings (SSSR count). The molecule has 0 heterocycles. The highest BCUT2D eigenvalue weighted by Gasteiger charge is 2.17. The average Bonchev–Trinajstić information content (AvgIpc) is 2.55. The molecule has 0 spiro atoms. The molecule has 1 fully saturated rings. The maximum atomic E-state index is 5.70. The minimum absolute atomic E-state index is 0.553. The first-order valence-corrected chi connectivity index (χ1v) is 7.68. The van der Waals surface area contributed by atoms with Crippen molar-refractivity contribution in [3.63, 3.8) is 0 Å². The lowest BCUT2D eigenvalue weighted by Crippen LogP contribution is -2.36. The van der Waals surface area contributed by atoms with Crippen LogP contribution in [0.3, 0.4) is 0 Å². The second-order valence-electron chi connectivity index (χ2n) is 6.28. The molecular formula is C15H32N2. The van der Waals surface area contributed by atoms with E-state index in [9.17, 15) is 0 Å². The summed E-state index contributed by atoms with van der Waals surface area (Å²) in [7, 11) is 0. The average molecular weight is 240 g/mol. The first-order chi connectivity index (χ1) is 8.22. The van der Waals surface area contributed by atoms with Crippen molar-refractivity contribution in [2.75, 3.05) is 0 Å². The maximum absolute atomic E-state index is 5.70. The molecule has 2 nitrogen and oxygen atoms in total. The Morgan fingerprint density at radius 3 is 2.24 bits per heavy atom. The molecule has 1 saturated carbocycles. The van der Waals surface area contributed by atoms with Crippen LogP contribution in [0.5, 0.6) is 0 Å². The van der Waals surface area contributed by atoms with Gasteiger partial charge in [0.15, 0.2) is 0 Å². The summed E-state index contributed by atoms with van der Waals surface area (Å²) in [6.45, 7) is 4.60. The van der Waals surface area contributed by atoms with Gasteiger partial charge in [0.25, 0.3) is 0 Å². The number of nitrogens with one attached hydrogen (secondary N) is 1. The molecule has 0 aromatic rings. The van der Waals surface area contributed by atoms with E-state index in [2.05, 4.69) is 19.3 Å². The van der Waals surface area contributed by atoms with Crippen molar-refractivity contribution < 1.29 is 0 Å². The molecule has 1 aliphatic rings. The SMILES string of the molecule is CC(C)CCCC(CC1CCCCCC1)NN. The minimum Gasteiger partial charge on any atom is -0.271 e. The van der Waals surface area contributed by atoms with Crippen LogP contribution in [0.1, 0.15) is 78.1 Å². The van der Waals surface area contributed by atoms with E-state index >= 15 is 0 Å². The van der Waals surface area contributed by atoms with Crippen LogP contribution in [0.15, 0.2) is 0 Å². The fraction of sp³-hybridized carbons (Fsp3) is 1.00. The van der Waals surface area contributed by atoms with E-state index in [1.54, 1.807) is 0 Å². The van der Waals surface area contributed by atoms with E-state index < -0.39 is 0 Å². The molecule has 17 heavy (non-hydrogen) atoms. The van der Waals surface area contributed by atoms with Crippen LogP contribution >= 0.6 is 0 Å². The normalized spacial score (nSPS) is 20.5. The third-order valence-corrected chi connectivity index (χ3v) is 4.16. The van der Waals surface area contributed by atoms with Gasteiger partial charge in [0, 0.05) is 6.04 Å². The smallest absolute Gasteiger partial charge is 0.0213 e. The Morgan fingerprint density at radius 2 is 1.71 bits per heavy atom. The molecule has 0 amide bonds. The first kappa shape index (κ1) is 15.0. The summed E-state index contributed by atoms with van der Waals surface area (Å²) >= 11 is 0. The minimum atomic E-state index is 0.553. The number of hydrogen-bond acceptors (Lipinski definition) is 2. The quantitative estimate of drug-likeness (QED) is 0.401. The Balaban J connectivity index is 2.19. The molecule has 102 valence electrons. The standard InChI is InChI=1S/C15H32N2/c1-13(2)8-7-11-15(17-16)12-14-9-5-3-4-6-10-14/h13-15,17H,3-12,16H2,1-2H3. The van der Waals surface area contributed by atoms with E-state index in [-0.39, 0.29) is 0 Å². The molecule has 3 N–H and O–H groups in total. The van der Waals surface area contributed by atoms with Gasteiger partial charge in [0.05, 0.1) is 0 Å². The van der Waals surface area contributed by atoms with Crippen LogP contribution in [-0.4, -0.2) is 6.04 Å². The van der Waals surface area contributed by atoms with Crippen LogP contribution < -0.4 is 11.3 Å². The van der Waals surface area contributed by atoms with Gasteiger partial charge in [0.2, 0.25) is 0 Å². The number of hydrogen-bond donors (Lipinski definition) is 2. The number of rotatable bonds is 7. The summed E-state index contributed by atoms with van der Waals surface area (Å²) in [6.07, 6.45) is 13.9. The van der Waals surface area contributed by atoms with E-state index in [0.717, 1.165) is 11.8 Å². The van der Waals surface area contributed by atoms with Gasteiger partial charge in [-0.25, -0.2) is 0 Å².